The van der Waals surface area contributed by atoms with Gasteiger partial charge < -0.3 is 15.4 Å². The third kappa shape index (κ3) is 5.67. The lowest BCUT2D eigenvalue weighted by atomic mass is 10.2. The molecule has 1 aromatic carbocycles. The van der Waals surface area contributed by atoms with Gasteiger partial charge >= 0.3 is 0 Å². The van der Waals surface area contributed by atoms with Crippen molar-refractivity contribution in [3.63, 3.8) is 0 Å². The van der Waals surface area contributed by atoms with Gasteiger partial charge in [-0.3, -0.25) is 4.79 Å². The van der Waals surface area contributed by atoms with Gasteiger partial charge in [0.1, 0.15) is 5.75 Å². The smallest absolute Gasteiger partial charge is 0.260 e. The average molecular weight is 357 g/mol. The summed E-state index contributed by atoms with van der Waals surface area (Å²) in [6, 6.07) is 6.03. The molecule has 1 amide bonds. The van der Waals surface area contributed by atoms with E-state index in [0.29, 0.717) is 6.54 Å². The van der Waals surface area contributed by atoms with Gasteiger partial charge in [-0.05, 0) is 49.3 Å². The van der Waals surface area contributed by atoms with E-state index in [-0.39, 0.29) is 11.9 Å². The summed E-state index contributed by atoms with van der Waals surface area (Å²) in [5.41, 5.74) is 1.02. The number of carbonyl (C=O) groups excluding carboxylic acids is 1. The zero-order valence-corrected chi connectivity index (χ0v) is 14.8. The summed E-state index contributed by atoms with van der Waals surface area (Å²) >= 11 is 3.49. The van der Waals surface area contributed by atoms with E-state index in [1.54, 1.807) is 6.92 Å². The molecular weight excluding hydrogens is 332 g/mol. The Morgan fingerprint density at radius 3 is 2.71 bits per heavy atom. The first-order chi connectivity index (χ1) is 9.99. The van der Waals surface area contributed by atoms with Gasteiger partial charge in [0.15, 0.2) is 6.10 Å². The maximum atomic E-state index is 12.1. The number of ether oxygens (including phenoxy) is 1. The van der Waals surface area contributed by atoms with Crippen molar-refractivity contribution in [1.82, 2.24) is 10.6 Å². The topological polar surface area (TPSA) is 50.4 Å². The molecule has 1 rings (SSSR count). The summed E-state index contributed by atoms with van der Waals surface area (Å²) in [6.07, 6.45) is 1.49. The predicted molar refractivity (Wildman–Crippen MR) is 89.5 cm³/mol. The molecule has 0 saturated heterocycles. The van der Waals surface area contributed by atoms with Crippen LogP contribution in [0.2, 0.25) is 0 Å². The van der Waals surface area contributed by atoms with Gasteiger partial charge in [0.05, 0.1) is 4.47 Å². The van der Waals surface area contributed by atoms with Crippen LogP contribution in [0.25, 0.3) is 0 Å². The van der Waals surface area contributed by atoms with Gasteiger partial charge in [-0.25, -0.2) is 0 Å². The molecule has 0 spiro atoms. The van der Waals surface area contributed by atoms with E-state index >= 15 is 0 Å². The maximum Gasteiger partial charge on any atom is 0.260 e. The van der Waals surface area contributed by atoms with Crippen LogP contribution in [0.4, 0.5) is 0 Å². The monoisotopic (exact) mass is 356 g/mol. The van der Waals surface area contributed by atoms with E-state index in [2.05, 4.69) is 33.5 Å². The van der Waals surface area contributed by atoms with Crippen LogP contribution in [0, 0.1) is 0 Å². The van der Waals surface area contributed by atoms with Crippen LogP contribution < -0.4 is 15.4 Å². The van der Waals surface area contributed by atoms with Gasteiger partial charge in [-0.1, -0.05) is 25.5 Å². The standard InChI is InChI=1S/C16H25BrN2O2/c1-5-7-11(2)19-16(20)12(3)21-15-13(10-18-4)8-6-9-14(15)17/h6,8-9,11-12,18H,5,7,10H2,1-4H3,(H,19,20). The molecule has 0 fully saturated rings. The van der Waals surface area contributed by atoms with Crippen LogP contribution in [0.1, 0.15) is 39.2 Å². The molecule has 118 valence electrons. The van der Waals surface area contributed by atoms with Gasteiger partial charge in [-0.15, -0.1) is 0 Å². The Bertz CT molecular complexity index is 466. The Kier molecular flexibility index (Phi) is 7.75. The summed E-state index contributed by atoms with van der Waals surface area (Å²) in [5.74, 6) is 0.639. The van der Waals surface area contributed by atoms with E-state index in [0.717, 1.165) is 28.6 Å². The molecule has 5 heteroatoms. The Labute approximate surface area is 135 Å². The molecule has 0 aliphatic heterocycles. The fraction of sp³-hybridized carbons (Fsp3) is 0.562. The second-order valence-corrected chi connectivity index (χ2v) is 6.07. The van der Waals surface area contributed by atoms with Crippen molar-refractivity contribution in [2.45, 2.75) is 52.3 Å². The van der Waals surface area contributed by atoms with Crippen LogP contribution in [0.15, 0.2) is 22.7 Å². The van der Waals surface area contributed by atoms with Crippen LogP contribution >= 0.6 is 15.9 Å². The van der Waals surface area contributed by atoms with Gasteiger partial charge in [0.2, 0.25) is 0 Å². The Hall–Kier alpha value is -1.07. The van der Waals surface area contributed by atoms with Gasteiger partial charge in [0.25, 0.3) is 5.91 Å². The number of amides is 1. The number of nitrogens with one attached hydrogen (secondary N) is 2. The molecular formula is C16H25BrN2O2. The first kappa shape index (κ1) is 18.0. The number of benzene rings is 1. The normalized spacial score (nSPS) is 13.6. The third-order valence-corrected chi connectivity index (χ3v) is 3.81. The molecule has 0 aliphatic rings. The fourth-order valence-corrected chi connectivity index (χ4v) is 2.61. The molecule has 0 saturated carbocycles. The number of para-hydroxylation sites is 1. The van der Waals surface area contributed by atoms with Crippen molar-refractivity contribution >= 4 is 21.8 Å². The molecule has 0 radical (unpaired) electrons. The summed E-state index contributed by atoms with van der Waals surface area (Å²) in [4.78, 5) is 12.1. The number of hydrogen-bond donors (Lipinski definition) is 2. The van der Waals surface area contributed by atoms with Crippen LogP contribution in [-0.4, -0.2) is 25.1 Å². The lowest BCUT2D eigenvalue weighted by Crippen LogP contribution is -2.41. The molecule has 21 heavy (non-hydrogen) atoms. The molecule has 2 unspecified atom stereocenters. The van der Waals surface area contributed by atoms with Crippen LogP contribution in [0.5, 0.6) is 5.75 Å². The Morgan fingerprint density at radius 2 is 2.10 bits per heavy atom. The first-order valence-electron chi connectivity index (χ1n) is 7.38. The molecule has 2 N–H and O–H groups in total. The first-order valence-corrected chi connectivity index (χ1v) is 8.17. The summed E-state index contributed by atoms with van der Waals surface area (Å²) < 4.78 is 6.73. The van der Waals surface area contributed by atoms with Crippen molar-refractivity contribution < 1.29 is 9.53 Å². The largest absolute Gasteiger partial charge is 0.479 e. The lowest BCUT2D eigenvalue weighted by Gasteiger charge is -2.20. The van der Waals surface area contributed by atoms with Crippen molar-refractivity contribution in [2.75, 3.05) is 7.05 Å². The van der Waals surface area contributed by atoms with Crippen molar-refractivity contribution in [2.24, 2.45) is 0 Å². The third-order valence-electron chi connectivity index (χ3n) is 3.19. The minimum Gasteiger partial charge on any atom is -0.479 e. The van der Waals surface area contributed by atoms with E-state index in [1.807, 2.05) is 32.2 Å². The summed E-state index contributed by atoms with van der Waals surface area (Å²) in [7, 11) is 1.88. The van der Waals surface area contributed by atoms with Gasteiger partial charge in [-0.2, -0.15) is 0 Å². The second kappa shape index (κ2) is 9.05. The highest BCUT2D eigenvalue weighted by atomic mass is 79.9. The maximum absolute atomic E-state index is 12.1. The number of rotatable bonds is 8. The highest BCUT2D eigenvalue weighted by molar-refractivity contribution is 9.10. The fourth-order valence-electron chi connectivity index (χ4n) is 2.11. The van der Waals surface area contributed by atoms with Crippen molar-refractivity contribution in [1.29, 1.82) is 0 Å². The molecule has 0 heterocycles. The van der Waals surface area contributed by atoms with Crippen LogP contribution in [-0.2, 0) is 11.3 Å². The molecule has 4 nitrogen and oxygen atoms in total. The van der Waals surface area contributed by atoms with Crippen molar-refractivity contribution in [3.05, 3.63) is 28.2 Å². The minimum atomic E-state index is -0.529. The average Bonchev–Trinajstić information content (AvgIpc) is 2.42. The lowest BCUT2D eigenvalue weighted by molar-refractivity contribution is -0.127. The zero-order chi connectivity index (χ0) is 15.8. The molecule has 0 aromatic heterocycles. The minimum absolute atomic E-state index is 0.0814. The summed E-state index contributed by atoms with van der Waals surface area (Å²) in [6.45, 7) is 6.58. The number of hydrogen-bond acceptors (Lipinski definition) is 3. The SMILES string of the molecule is CCCC(C)NC(=O)C(C)Oc1c(Br)cccc1CNC. The van der Waals surface area contributed by atoms with Gasteiger partial charge in [0, 0.05) is 18.2 Å². The van der Waals surface area contributed by atoms with E-state index in [4.69, 9.17) is 4.74 Å². The molecule has 1 aromatic rings. The second-order valence-electron chi connectivity index (χ2n) is 5.22. The highest BCUT2D eigenvalue weighted by Gasteiger charge is 2.19. The zero-order valence-electron chi connectivity index (χ0n) is 13.2. The van der Waals surface area contributed by atoms with Crippen LogP contribution in [0.3, 0.4) is 0 Å². The van der Waals surface area contributed by atoms with E-state index in [1.165, 1.54) is 0 Å². The van der Waals surface area contributed by atoms with Crippen molar-refractivity contribution in [3.8, 4) is 5.75 Å². The predicted octanol–water partition coefficient (Wildman–Crippen LogP) is 3.24. The molecule has 2 atom stereocenters. The Balaban J connectivity index is 2.74. The number of carbonyl (C=O) groups is 1. The highest BCUT2D eigenvalue weighted by Crippen LogP contribution is 2.30. The summed E-state index contributed by atoms with van der Waals surface area (Å²) in [5, 5.41) is 6.08. The molecule has 0 bridgehead atoms. The van der Waals surface area contributed by atoms with E-state index < -0.39 is 6.10 Å². The van der Waals surface area contributed by atoms with E-state index in [9.17, 15) is 4.79 Å². The Morgan fingerprint density at radius 1 is 1.38 bits per heavy atom. The molecule has 0 aliphatic carbocycles. The quantitative estimate of drug-likeness (QED) is 0.751. The number of halogens is 1.